The van der Waals surface area contributed by atoms with Crippen molar-refractivity contribution in [3.05, 3.63) is 235 Å². The fraction of sp³-hybridized carbons (Fsp3) is 0.213. The highest BCUT2D eigenvalue weighted by Crippen LogP contribution is 2.42. The first-order valence-corrected chi connectivity index (χ1v) is 29.3. The van der Waals surface area contributed by atoms with E-state index in [1.807, 2.05) is 66.9 Å². The van der Waals surface area contributed by atoms with Gasteiger partial charge in [-0.05, 0) is 126 Å². The molecule has 0 aliphatic rings. The maximum Gasteiger partial charge on any atom is 0.165 e. The zero-order valence-electron chi connectivity index (χ0n) is 48.6. The van der Waals surface area contributed by atoms with Gasteiger partial charge in [0.2, 0.25) is 0 Å². The Morgan fingerprint density at radius 2 is 0.610 bits per heavy atom. The second kappa shape index (κ2) is 23.9. The minimum absolute atomic E-state index is 0.141. The lowest BCUT2D eigenvalue weighted by atomic mass is 9.74. The minimum Gasteiger partial charge on any atom is -0.255 e. The molecule has 0 unspecified atom stereocenters. The van der Waals surface area contributed by atoms with E-state index in [0.717, 1.165) is 105 Å². The minimum atomic E-state index is 0.141. The van der Waals surface area contributed by atoms with E-state index in [4.69, 9.17) is 34.9 Å². The van der Waals surface area contributed by atoms with Gasteiger partial charge in [0, 0.05) is 45.1 Å². The Bertz CT molecular complexity index is 3800. The van der Waals surface area contributed by atoms with E-state index >= 15 is 0 Å². The van der Waals surface area contributed by atoms with Gasteiger partial charge in [0.05, 0.1) is 5.69 Å². The summed E-state index contributed by atoms with van der Waals surface area (Å²) in [6, 6.07) is 73.0. The third-order valence-electron chi connectivity index (χ3n) is 17.4. The van der Waals surface area contributed by atoms with Crippen molar-refractivity contribution in [1.29, 1.82) is 0 Å². The van der Waals surface area contributed by atoms with Crippen molar-refractivity contribution in [2.45, 2.75) is 105 Å². The number of nitrogens with zero attached hydrogens (tertiary/aromatic N) is 7. The summed E-state index contributed by atoms with van der Waals surface area (Å²) in [6.45, 7) is 18.1. The first kappa shape index (κ1) is 54.9. The highest BCUT2D eigenvalue weighted by Gasteiger charge is 2.28. The van der Waals surface area contributed by atoms with Gasteiger partial charge in [-0.2, -0.15) is 0 Å². The van der Waals surface area contributed by atoms with Crippen molar-refractivity contribution in [1.82, 2.24) is 34.9 Å². The molecule has 0 aliphatic heterocycles. The highest BCUT2D eigenvalue weighted by atomic mass is 15.0. The lowest BCUT2D eigenvalue weighted by molar-refractivity contribution is 0.382. The zero-order valence-corrected chi connectivity index (χ0v) is 48.6. The molecule has 0 aliphatic carbocycles. The van der Waals surface area contributed by atoms with Crippen LogP contribution >= 0.6 is 0 Å². The standard InChI is InChI=1S/C75H71N7/c1-9-74(10-2,11-3)61-39-33-56(34-40-61)71-80-72(57-35-41-62(42-36-57)75(12-4,13-5)14-6)82-73(81-71)59-38-44-67(76-49-59)58-37-43-65(64-28-22-21-27-63(64)60-46-50(7)45-51(8)47-60)66(48-58)52-29-31-55(32-30-52)70-78-68(53-23-17-15-18-24-53)77-69(79-70)54-25-19-16-20-26-54/h15-49H,9-14H2,1-8H3. The molecule has 7 nitrogen and oxygen atoms in total. The number of pyridine rings is 1. The summed E-state index contributed by atoms with van der Waals surface area (Å²) in [5.41, 5.74) is 19.5. The molecule has 0 spiro atoms. The Morgan fingerprint density at radius 1 is 0.268 bits per heavy atom. The molecular weight excluding hydrogens is 999 g/mol. The van der Waals surface area contributed by atoms with Gasteiger partial charge in [0.25, 0.3) is 0 Å². The van der Waals surface area contributed by atoms with Crippen LogP contribution < -0.4 is 0 Å². The normalized spacial score (nSPS) is 11.7. The molecule has 3 aromatic heterocycles. The number of hydrogen-bond acceptors (Lipinski definition) is 7. The Labute approximate surface area is 484 Å². The van der Waals surface area contributed by atoms with Crippen molar-refractivity contribution < 1.29 is 0 Å². The SMILES string of the molecule is CCC(CC)(CC)c1ccc(-c2nc(-c3ccc(C(CC)(CC)CC)cc3)nc(-c3ccc(-c4ccc(-c5ccccc5-c5cc(C)cc(C)c5)c(-c5ccc(-c6nc(-c7ccccc7)nc(-c7ccccc7)n6)cc5)c4)nc3)n2)cc1. The fourth-order valence-electron chi connectivity index (χ4n) is 12.1. The second-order valence-corrected chi connectivity index (χ2v) is 21.9. The molecule has 11 aromatic rings. The number of aryl methyl sites for hydroxylation is 2. The Balaban J connectivity index is 1.000. The van der Waals surface area contributed by atoms with Crippen LogP contribution in [-0.2, 0) is 10.8 Å². The van der Waals surface area contributed by atoms with Crippen LogP contribution in [0.2, 0.25) is 0 Å². The van der Waals surface area contributed by atoms with Crippen molar-refractivity contribution in [3.63, 3.8) is 0 Å². The van der Waals surface area contributed by atoms with E-state index in [2.05, 4.69) is 201 Å². The first-order valence-electron chi connectivity index (χ1n) is 29.3. The fourth-order valence-corrected chi connectivity index (χ4v) is 12.1. The van der Waals surface area contributed by atoms with Crippen LogP contribution in [0.15, 0.2) is 212 Å². The number of benzene rings is 8. The maximum absolute atomic E-state index is 5.19. The molecule has 406 valence electrons. The van der Waals surface area contributed by atoms with Gasteiger partial charge >= 0.3 is 0 Å². The van der Waals surface area contributed by atoms with Crippen LogP contribution in [0.5, 0.6) is 0 Å². The second-order valence-electron chi connectivity index (χ2n) is 21.9. The third kappa shape index (κ3) is 11.1. The summed E-state index contributed by atoms with van der Waals surface area (Å²) in [6.07, 6.45) is 8.43. The predicted molar refractivity (Wildman–Crippen MR) is 340 cm³/mol. The molecule has 0 saturated heterocycles. The largest absolute Gasteiger partial charge is 0.255 e. The van der Waals surface area contributed by atoms with Crippen molar-refractivity contribution in [2.24, 2.45) is 0 Å². The van der Waals surface area contributed by atoms with E-state index in [1.165, 1.54) is 33.4 Å². The molecule has 3 heterocycles. The molecule has 0 fully saturated rings. The van der Waals surface area contributed by atoms with Gasteiger partial charge in [-0.1, -0.05) is 241 Å². The Kier molecular flexibility index (Phi) is 16.0. The summed E-state index contributed by atoms with van der Waals surface area (Å²) in [5, 5.41) is 0. The van der Waals surface area contributed by atoms with Gasteiger partial charge in [-0.25, -0.2) is 29.9 Å². The molecule has 0 bridgehead atoms. The van der Waals surface area contributed by atoms with Gasteiger partial charge in [0.15, 0.2) is 34.9 Å². The zero-order chi connectivity index (χ0) is 56.8. The molecule has 0 amide bonds. The molecular formula is C75H71N7. The lowest BCUT2D eigenvalue weighted by Crippen LogP contribution is -2.23. The first-order chi connectivity index (χ1) is 40.1. The van der Waals surface area contributed by atoms with Crippen LogP contribution in [0.4, 0.5) is 0 Å². The van der Waals surface area contributed by atoms with Crippen molar-refractivity contribution in [3.8, 4) is 113 Å². The van der Waals surface area contributed by atoms with E-state index in [1.54, 1.807) is 0 Å². The van der Waals surface area contributed by atoms with E-state index in [-0.39, 0.29) is 10.8 Å². The van der Waals surface area contributed by atoms with Crippen molar-refractivity contribution in [2.75, 3.05) is 0 Å². The maximum atomic E-state index is 5.19. The molecule has 82 heavy (non-hydrogen) atoms. The molecule has 0 radical (unpaired) electrons. The predicted octanol–water partition coefficient (Wildman–Crippen LogP) is 19.7. The lowest BCUT2D eigenvalue weighted by Gasteiger charge is -2.31. The smallest absolute Gasteiger partial charge is 0.165 e. The molecule has 8 aromatic carbocycles. The third-order valence-corrected chi connectivity index (χ3v) is 17.4. The van der Waals surface area contributed by atoms with Gasteiger partial charge in [0.1, 0.15) is 0 Å². The van der Waals surface area contributed by atoms with Crippen LogP contribution in [-0.4, -0.2) is 34.9 Å². The topological polar surface area (TPSA) is 90.2 Å². The average Bonchev–Trinajstić information content (AvgIpc) is 3.54. The van der Waals surface area contributed by atoms with Crippen molar-refractivity contribution >= 4 is 0 Å². The summed E-state index contributed by atoms with van der Waals surface area (Å²) in [7, 11) is 0. The molecule has 7 heteroatoms. The average molecular weight is 1070 g/mol. The van der Waals surface area contributed by atoms with Crippen LogP contribution in [0.1, 0.15) is 102 Å². The molecule has 0 saturated carbocycles. The summed E-state index contributed by atoms with van der Waals surface area (Å²) in [5.74, 6) is 3.70. The van der Waals surface area contributed by atoms with Gasteiger partial charge in [-0.3, -0.25) is 4.98 Å². The number of rotatable bonds is 18. The van der Waals surface area contributed by atoms with Gasteiger partial charge in [-0.15, -0.1) is 0 Å². The van der Waals surface area contributed by atoms with E-state index < -0.39 is 0 Å². The number of aromatic nitrogens is 7. The van der Waals surface area contributed by atoms with E-state index in [9.17, 15) is 0 Å². The summed E-state index contributed by atoms with van der Waals surface area (Å²) >= 11 is 0. The molecule has 0 N–H and O–H groups in total. The highest BCUT2D eigenvalue weighted by molar-refractivity contribution is 5.94. The summed E-state index contributed by atoms with van der Waals surface area (Å²) in [4.78, 5) is 35.8. The summed E-state index contributed by atoms with van der Waals surface area (Å²) < 4.78 is 0. The van der Waals surface area contributed by atoms with Crippen LogP contribution in [0.25, 0.3) is 113 Å². The molecule has 0 atom stereocenters. The van der Waals surface area contributed by atoms with Crippen LogP contribution in [0.3, 0.4) is 0 Å². The van der Waals surface area contributed by atoms with Crippen LogP contribution in [0, 0.1) is 13.8 Å². The Morgan fingerprint density at radius 3 is 1.02 bits per heavy atom. The quantitative estimate of drug-likeness (QED) is 0.0845. The Hall–Kier alpha value is -9.07. The monoisotopic (exact) mass is 1070 g/mol. The van der Waals surface area contributed by atoms with Gasteiger partial charge < -0.3 is 0 Å². The molecule has 11 rings (SSSR count). The van der Waals surface area contributed by atoms with E-state index in [0.29, 0.717) is 34.9 Å². The number of hydrogen-bond donors (Lipinski definition) is 0.